The Morgan fingerprint density at radius 1 is 0.968 bits per heavy atom. The summed E-state index contributed by atoms with van der Waals surface area (Å²) in [4.78, 5) is 30.1. The first kappa shape index (κ1) is 21.2. The summed E-state index contributed by atoms with van der Waals surface area (Å²) in [5.74, 6) is -0.885. The first-order valence-corrected chi connectivity index (χ1v) is 10.7. The van der Waals surface area contributed by atoms with Crippen molar-refractivity contribution in [2.24, 2.45) is 0 Å². The highest BCUT2D eigenvalue weighted by molar-refractivity contribution is 9.10. The molecule has 0 saturated carbocycles. The number of ether oxygens (including phenoxy) is 1. The number of Topliss-reactive ketones (excluding diaryl/α,β-unsaturated/α-hetero) is 1. The van der Waals surface area contributed by atoms with Gasteiger partial charge in [0.05, 0.1) is 16.8 Å². The summed E-state index contributed by atoms with van der Waals surface area (Å²) in [7, 11) is 0. The smallest absolute Gasteiger partial charge is 0.339 e. The van der Waals surface area contributed by atoms with Crippen LogP contribution in [0.1, 0.15) is 26.3 Å². The summed E-state index contributed by atoms with van der Waals surface area (Å²) in [5, 5.41) is 1.18. The molecule has 0 aliphatic carbocycles. The largest absolute Gasteiger partial charge is 0.454 e. The molecule has 4 rings (SSSR count). The van der Waals surface area contributed by atoms with E-state index < -0.39 is 5.97 Å². The second-order valence-corrected chi connectivity index (χ2v) is 8.44. The highest BCUT2D eigenvalue weighted by atomic mass is 79.9. The van der Waals surface area contributed by atoms with Gasteiger partial charge in [-0.05, 0) is 55.5 Å². The van der Waals surface area contributed by atoms with Crippen LogP contribution < -0.4 is 0 Å². The topological polar surface area (TPSA) is 56.3 Å². The van der Waals surface area contributed by atoms with Gasteiger partial charge in [0.1, 0.15) is 0 Å². The molecular formula is C25H17BrClNO3. The zero-order valence-corrected chi connectivity index (χ0v) is 18.9. The number of halogens is 2. The van der Waals surface area contributed by atoms with Crippen LogP contribution in [-0.4, -0.2) is 23.3 Å². The van der Waals surface area contributed by atoms with E-state index in [2.05, 4.69) is 15.9 Å². The van der Waals surface area contributed by atoms with Gasteiger partial charge in [0.15, 0.2) is 12.4 Å². The lowest BCUT2D eigenvalue weighted by Gasteiger charge is -2.11. The molecule has 0 aliphatic heterocycles. The lowest BCUT2D eigenvalue weighted by Crippen LogP contribution is -2.15. The number of fused-ring (bicyclic) bond motifs is 1. The number of esters is 1. The number of pyridine rings is 1. The summed E-state index contributed by atoms with van der Waals surface area (Å²) < 4.78 is 6.18. The van der Waals surface area contributed by atoms with Gasteiger partial charge in [-0.1, -0.05) is 57.4 Å². The van der Waals surface area contributed by atoms with Crippen LogP contribution in [0.4, 0.5) is 0 Å². The second-order valence-electron chi connectivity index (χ2n) is 7.09. The Bertz CT molecular complexity index is 1280. The van der Waals surface area contributed by atoms with E-state index in [0.29, 0.717) is 32.7 Å². The van der Waals surface area contributed by atoms with Gasteiger partial charge in [-0.2, -0.15) is 0 Å². The first-order chi connectivity index (χ1) is 14.9. The molecule has 0 saturated heterocycles. The van der Waals surface area contributed by atoms with Crippen LogP contribution in [0.25, 0.3) is 22.2 Å². The third-order valence-corrected chi connectivity index (χ3v) is 5.58. The van der Waals surface area contributed by atoms with E-state index in [-0.39, 0.29) is 12.4 Å². The number of aromatic nitrogens is 1. The van der Waals surface area contributed by atoms with Crippen LogP contribution in [0.5, 0.6) is 0 Å². The fraction of sp³-hybridized carbons (Fsp3) is 0.0800. The highest BCUT2D eigenvalue weighted by Gasteiger charge is 2.17. The maximum Gasteiger partial charge on any atom is 0.339 e. The van der Waals surface area contributed by atoms with E-state index in [1.54, 1.807) is 30.3 Å². The zero-order chi connectivity index (χ0) is 22.0. The number of hydrogen-bond acceptors (Lipinski definition) is 4. The summed E-state index contributed by atoms with van der Waals surface area (Å²) >= 11 is 9.30. The van der Waals surface area contributed by atoms with Crippen molar-refractivity contribution in [2.45, 2.75) is 6.92 Å². The van der Waals surface area contributed by atoms with E-state index in [1.165, 1.54) is 0 Å². The third kappa shape index (κ3) is 4.84. The van der Waals surface area contributed by atoms with Crippen LogP contribution in [-0.2, 0) is 4.74 Å². The molecule has 6 heteroatoms. The number of nitrogens with zero attached hydrogens (tertiary/aromatic N) is 1. The van der Waals surface area contributed by atoms with E-state index in [4.69, 9.17) is 21.3 Å². The van der Waals surface area contributed by atoms with Gasteiger partial charge >= 0.3 is 5.97 Å². The SMILES string of the molecule is Cc1ccc(-c2cc(C(=O)OCC(=O)c3ccc(Cl)cc3)c3cc(Br)ccc3n2)cc1. The van der Waals surface area contributed by atoms with Gasteiger partial charge in [-0.25, -0.2) is 9.78 Å². The van der Waals surface area contributed by atoms with Crippen molar-refractivity contribution in [3.63, 3.8) is 0 Å². The van der Waals surface area contributed by atoms with Gasteiger partial charge in [0, 0.05) is 26.0 Å². The quantitative estimate of drug-likeness (QED) is 0.230. The van der Waals surface area contributed by atoms with E-state index >= 15 is 0 Å². The molecule has 0 N–H and O–H groups in total. The molecule has 1 aromatic heterocycles. The minimum atomic E-state index is -0.582. The average Bonchev–Trinajstić information content (AvgIpc) is 2.77. The number of aryl methyl sites for hydroxylation is 1. The molecule has 0 atom stereocenters. The normalized spacial score (nSPS) is 10.8. The molecule has 4 aromatic rings. The Morgan fingerprint density at radius 3 is 2.39 bits per heavy atom. The lowest BCUT2D eigenvalue weighted by atomic mass is 10.0. The highest BCUT2D eigenvalue weighted by Crippen LogP contribution is 2.28. The maximum absolute atomic E-state index is 13.0. The predicted molar refractivity (Wildman–Crippen MR) is 126 cm³/mol. The Morgan fingerprint density at radius 2 is 1.68 bits per heavy atom. The average molecular weight is 495 g/mol. The minimum absolute atomic E-state index is 0.302. The van der Waals surface area contributed by atoms with E-state index in [1.807, 2.05) is 49.4 Å². The molecule has 0 aliphatic rings. The summed E-state index contributed by atoms with van der Waals surface area (Å²) in [6.07, 6.45) is 0. The van der Waals surface area contributed by atoms with Crippen molar-refractivity contribution < 1.29 is 14.3 Å². The van der Waals surface area contributed by atoms with Crippen molar-refractivity contribution >= 4 is 50.2 Å². The van der Waals surface area contributed by atoms with Crippen LogP contribution in [0, 0.1) is 6.92 Å². The Balaban J connectivity index is 1.66. The monoisotopic (exact) mass is 493 g/mol. The number of carbonyl (C=O) groups excluding carboxylic acids is 2. The van der Waals surface area contributed by atoms with Crippen molar-refractivity contribution in [1.29, 1.82) is 0 Å². The molecule has 0 amide bonds. The van der Waals surface area contributed by atoms with Crippen molar-refractivity contribution in [3.8, 4) is 11.3 Å². The lowest BCUT2D eigenvalue weighted by molar-refractivity contribution is 0.0476. The first-order valence-electron chi connectivity index (χ1n) is 9.54. The van der Waals surface area contributed by atoms with Crippen molar-refractivity contribution in [1.82, 2.24) is 4.98 Å². The molecule has 154 valence electrons. The molecule has 4 nitrogen and oxygen atoms in total. The number of hydrogen-bond donors (Lipinski definition) is 0. The van der Waals surface area contributed by atoms with E-state index in [9.17, 15) is 9.59 Å². The van der Waals surface area contributed by atoms with E-state index in [0.717, 1.165) is 15.6 Å². The van der Waals surface area contributed by atoms with Crippen LogP contribution in [0.3, 0.4) is 0 Å². The Kier molecular flexibility index (Phi) is 6.16. The van der Waals surface area contributed by atoms with Crippen LogP contribution in [0.15, 0.2) is 77.3 Å². The number of rotatable bonds is 5. The molecule has 0 bridgehead atoms. The molecule has 31 heavy (non-hydrogen) atoms. The van der Waals surface area contributed by atoms with Gasteiger partial charge < -0.3 is 4.74 Å². The predicted octanol–water partition coefficient (Wildman–Crippen LogP) is 6.67. The maximum atomic E-state index is 13.0. The fourth-order valence-electron chi connectivity index (χ4n) is 3.17. The molecule has 0 unspecified atom stereocenters. The van der Waals surface area contributed by atoms with Crippen LogP contribution in [0.2, 0.25) is 5.02 Å². The van der Waals surface area contributed by atoms with Gasteiger partial charge in [0.25, 0.3) is 0 Å². The van der Waals surface area contributed by atoms with Crippen molar-refractivity contribution in [2.75, 3.05) is 6.61 Å². The molecule has 0 radical (unpaired) electrons. The van der Waals surface area contributed by atoms with Gasteiger partial charge in [-0.3, -0.25) is 4.79 Å². The van der Waals surface area contributed by atoms with Crippen LogP contribution >= 0.6 is 27.5 Å². The molecule has 0 spiro atoms. The minimum Gasteiger partial charge on any atom is -0.454 e. The van der Waals surface area contributed by atoms with Gasteiger partial charge in [0.2, 0.25) is 0 Å². The molecular weight excluding hydrogens is 478 g/mol. The zero-order valence-electron chi connectivity index (χ0n) is 16.6. The second kappa shape index (κ2) is 9.00. The third-order valence-electron chi connectivity index (χ3n) is 4.84. The molecule has 0 fully saturated rings. The van der Waals surface area contributed by atoms with Crippen molar-refractivity contribution in [3.05, 3.63) is 99.0 Å². The summed E-state index contributed by atoms with van der Waals surface area (Å²) in [6.45, 7) is 1.65. The standard InChI is InChI=1S/C25H17BrClNO3/c1-15-2-4-16(5-3-15)23-13-21(20-12-18(26)8-11-22(20)28-23)25(30)31-14-24(29)17-6-9-19(27)10-7-17/h2-13H,14H2,1H3. The molecule has 3 aromatic carbocycles. The van der Waals surface area contributed by atoms with Gasteiger partial charge in [-0.15, -0.1) is 0 Å². The summed E-state index contributed by atoms with van der Waals surface area (Å²) in [5.41, 5.74) is 4.13. The fourth-order valence-corrected chi connectivity index (χ4v) is 3.65. The molecule has 1 heterocycles. The number of carbonyl (C=O) groups is 2. The Labute approximate surface area is 193 Å². The number of benzene rings is 3. The summed E-state index contributed by atoms with van der Waals surface area (Å²) in [6, 6.07) is 21.6. The number of ketones is 1. The Hall–Kier alpha value is -3.02.